The van der Waals surface area contributed by atoms with Crippen LogP contribution in [0.15, 0.2) is 55.8 Å². The number of hydrogen-bond donors (Lipinski definition) is 0. The van der Waals surface area contributed by atoms with Crippen molar-refractivity contribution in [3.05, 3.63) is 78.4 Å². The normalized spacial score (nSPS) is 17.3. The van der Waals surface area contributed by atoms with Gasteiger partial charge in [0, 0.05) is 0 Å². The molecule has 0 fully saturated rings. The van der Waals surface area contributed by atoms with Gasteiger partial charge in [-0.3, -0.25) is 9.36 Å². The third kappa shape index (κ3) is 3.34. The van der Waals surface area contributed by atoms with Crippen molar-refractivity contribution in [2.45, 2.75) is 26.8 Å². The van der Waals surface area contributed by atoms with Crippen molar-refractivity contribution in [1.82, 2.24) is 4.57 Å². The van der Waals surface area contributed by atoms with E-state index in [4.69, 9.17) is 18.6 Å². The third-order valence-corrected chi connectivity index (χ3v) is 6.23. The second-order valence-electron chi connectivity index (χ2n) is 7.36. The Morgan fingerprint density at radius 3 is 2.81 bits per heavy atom. The highest BCUT2D eigenvalue weighted by Gasteiger charge is 2.35. The number of esters is 1. The Morgan fingerprint density at radius 2 is 2.06 bits per heavy atom. The van der Waals surface area contributed by atoms with Crippen LogP contribution in [0.5, 0.6) is 11.5 Å². The van der Waals surface area contributed by atoms with Gasteiger partial charge in [-0.25, -0.2) is 9.79 Å². The summed E-state index contributed by atoms with van der Waals surface area (Å²) in [7, 11) is 0. The number of benzene rings is 1. The predicted octanol–water partition coefficient (Wildman–Crippen LogP) is 2.43. The standard InChI is InChI=1S/C23H20N2O6S/c1-4-28-22(27)19-13(3)24-23-25(20(19)16-7-5-12(2)31-16)21(26)18(32-23)10-14-6-8-15-17(9-14)30-11-29-15/h5-10,20H,4,11H2,1-3H3. The minimum atomic E-state index is -0.752. The van der Waals surface area contributed by atoms with E-state index in [1.54, 1.807) is 32.1 Å². The smallest absolute Gasteiger partial charge is 0.338 e. The number of carbonyl (C=O) groups is 1. The van der Waals surface area contributed by atoms with Crippen molar-refractivity contribution >= 4 is 23.4 Å². The van der Waals surface area contributed by atoms with Crippen molar-refractivity contribution < 1.29 is 23.4 Å². The van der Waals surface area contributed by atoms with Crippen LogP contribution < -0.4 is 24.4 Å². The van der Waals surface area contributed by atoms with Gasteiger partial charge in [0.1, 0.15) is 17.6 Å². The number of aromatic nitrogens is 1. The highest BCUT2D eigenvalue weighted by Crippen LogP contribution is 2.33. The molecule has 0 amide bonds. The number of thiazole rings is 1. The summed E-state index contributed by atoms with van der Waals surface area (Å²) in [5.74, 6) is 1.95. The Morgan fingerprint density at radius 1 is 1.25 bits per heavy atom. The van der Waals surface area contributed by atoms with Gasteiger partial charge >= 0.3 is 5.97 Å². The van der Waals surface area contributed by atoms with E-state index >= 15 is 0 Å². The van der Waals surface area contributed by atoms with Crippen LogP contribution in [0.4, 0.5) is 0 Å². The van der Waals surface area contributed by atoms with Crippen molar-refractivity contribution in [2.75, 3.05) is 13.4 Å². The van der Waals surface area contributed by atoms with Crippen LogP contribution in [-0.4, -0.2) is 23.9 Å². The first-order chi connectivity index (χ1) is 15.5. The molecule has 0 saturated carbocycles. The van der Waals surface area contributed by atoms with E-state index in [1.807, 2.05) is 25.1 Å². The van der Waals surface area contributed by atoms with Crippen LogP contribution in [0.2, 0.25) is 0 Å². The first kappa shape index (κ1) is 20.3. The molecule has 3 aromatic rings. The molecule has 2 aromatic heterocycles. The molecule has 32 heavy (non-hydrogen) atoms. The van der Waals surface area contributed by atoms with E-state index in [0.29, 0.717) is 43.6 Å². The lowest BCUT2D eigenvalue weighted by Gasteiger charge is -2.22. The molecule has 1 aromatic carbocycles. The summed E-state index contributed by atoms with van der Waals surface area (Å²) in [5.41, 5.74) is 1.33. The van der Waals surface area contributed by atoms with Crippen molar-refractivity contribution in [3.63, 3.8) is 0 Å². The van der Waals surface area contributed by atoms with Crippen LogP contribution in [0, 0.1) is 6.92 Å². The van der Waals surface area contributed by atoms with Gasteiger partial charge in [-0.15, -0.1) is 0 Å². The average molecular weight is 452 g/mol. The fourth-order valence-corrected chi connectivity index (χ4v) is 4.86. The molecule has 0 aliphatic carbocycles. The highest BCUT2D eigenvalue weighted by atomic mass is 32.1. The zero-order valence-corrected chi connectivity index (χ0v) is 18.5. The molecular formula is C23H20N2O6S. The molecule has 1 unspecified atom stereocenters. The zero-order valence-electron chi connectivity index (χ0n) is 17.7. The third-order valence-electron chi connectivity index (χ3n) is 5.24. The van der Waals surface area contributed by atoms with E-state index < -0.39 is 12.0 Å². The number of carbonyl (C=O) groups excluding carboxylic acids is 1. The number of hydrogen-bond acceptors (Lipinski definition) is 8. The van der Waals surface area contributed by atoms with Gasteiger partial charge in [-0.05, 0) is 56.7 Å². The molecule has 2 aliphatic rings. The first-order valence-electron chi connectivity index (χ1n) is 10.1. The Kier molecular flexibility index (Phi) is 4.97. The fraction of sp³-hybridized carbons (Fsp3) is 0.261. The number of aryl methyl sites for hydroxylation is 1. The van der Waals surface area contributed by atoms with E-state index in [1.165, 1.54) is 15.9 Å². The Hall–Kier alpha value is -3.59. The van der Waals surface area contributed by atoms with E-state index in [0.717, 1.165) is 5.56 Å². The maximum absolute atomic E-state index is 13.5. The molecule has 1 atom stereocenters. The predicted molar refractivity (Wildman–Crippen MR) is 116 cm³/mol. The maximum Gasteiger partial charge on any atom is 0.338 e. The van der Waals surface area contributed by atoms with Crippen LogP contribution in [0.1, 0.15) is 37.0 Å². The van der Waals surface area contributed by atoms with Crippen LogP contribution in [0.25, 0.3) is 6.08 Å². The monoisotopic (exact) mass is 452 g/mol. The molecule has 0 bridgehead atoms. The number of nitrogens with zero attached hydrogens (tertiary/aromatic N) is 2. The van der Waals surface area contributed by atoms with Crippen molar-refractivity contribution in [2.24, 2.45) is 4.99 Å². The van der Waals surface area contributed by atoms with Crippen LogP contribution >= 0.6 is 11.3 Å². The van der Waals surface area contributed by atoms with Gasteiger partial charge in [-0.1, -0.05) is 17.4 Å². The summed E-state index contributed by atoms with van der Waals surface area (Å²) in [6.07, 6.45) is 1.78. The lowest BCUT2D eigenvalue weighted by Crippen LogP contribution is -2.39. The molecule has 4 heterocycles. The summed E-state index contributed by atoms with van der Waals surface area (Å²) in [4.78, 5) is 31.3. The average Bonchev–Trinajstić information content (AvgIpc) is 3.47. The molecule has 2 aliphatic heterocycles. The summed E-state index contributed by atoms with van der Waals surface area (Å²) < 4.78 is 23.9. The minimum absolute atomic E-state index is 0.180. The molecule has 0 N–H and O–H groups in total. The molecule has 0 radical (unpaired) electrons. The molecule has 0 spiro atoms. The molecule has 9 heteroatoms. The lowest BCUT2D eigenvalue weighted by molar-refractivity contribution is -0.139. The molecule has 164 valence electrons. The van der Waals surface area contributed by atoms with Crippen molar-refractivity contribution in [3.8, 4) is 11.5 Å². The van der Waals surface area contributed by atoms with E-state index in [9.17, 15) is 9.59 Å². The zero-order chi connectivity index (χ0) is 22.4. The second-order valence-corrected chi connectivity index (χ2v) is 8.37. The number of fused-ring (bicyclic) bond motifs is 2. The fourth-order valence-electron chi connectivity index (χ4n) is 3.82. The Bertz CT molecular complexity index is 1440. The summed E-state index contributed by atoms with van der Waals surface area (Å²) >= 11 is 1.25. The molecule has 5 rings (SSSR count). The number of allylic oxidation sites excluding steroid dienone is 1. The first-order valence-corrected chi connectivity index (χ1v) is 10.9. The topological polar surface area (TPSA) is 92.3 Å². The summed E-state index contributed by atoms with van der Waals surface area (Å²) in [6, 6.07) is 8.31. The van der Waals surface area contributed by atoms with Gasteiger partial charge in [-0.2, -0.15) is 0 Å². The highest BCUT2D eigenvalue weighted by molar-refractivity contribution is 7.07. The van der Waals surface area contributed by atoms with Gasteiger partial charge in [0.25, 0.3) is 5.56 Å². The van der Waals surface area contributed by atoms with Crippen LogP contribution in [-0.2, 0) is 9.53 Å². The van der Waals surface area contributed by atoms with Crippen LogP contribution in [0.3, 0.4) is 0 Å². The second kappa shape index (κ2) is 7.83. The maximum atomic E-state index is 13.5. The molecule has 8 nitrogen and oxygen atoms in total. The van der Waals surface area contributed by atoms with Gasteiger partial charge in [0.2, 0.25) is 6.79 Å². The van der Waals surface area contributed by atoms with Crippen molar-refractivity contribution in [1.29, 1.82) is 0 Å². The quantitative estimate of drug-likeness (QED) is 0.565. The van der Waals surface area contributed by atoms with E-state index in [-0.39, 0.29) is 19.0 Å². The number of furan rings is 1. The Labute approximate surface area is 186 Å². The minimum Gasteiger partial charge on any atom is -0.464 e. The number of ether oxygens (including phenoxy) is 3. The summed E-state index contributed by atoms with van der Waals surface area (Å²) in [5, 5.41) is 0. The summed E-state index contributed by atoms with van der Waals surface area (Å²) in [6.45, 7) is 5.69. The van der Waals surface area contributed by atoms with Gasteiger partial charge in [0.15, 0.2) is 16.3 Å². The molecular weight excluding hydrogens is 432 g/mol. The van der Waals surface area contributed by atoms with E-state index in [2.05, 4.69) is 4.99 Å². The van der Waals surface area contributed by atoms with Gasteiger partial charge in [0.05, 0.1) is 22.4 Å². The lowest BCUT2D eigenvalue weighted by atomic mass is 10.0. The molecule has 0 saturated heterocycles. The Balaban J connectivity index is 1.69. The number of rotatable bonds is 4. The SMILES string of the molecule is CCOC(=O)C1=C(C)N=c2sc(=Cc3ccc4c(c3)OCO4)c(=O)n2C1c1ccc(C)o1. The largest absolute Gasteiger partial charge is 0.464 e. The van der Waals surface area contributed by atoms with Gasteiger partial charge < -0.3 is 18.6 Å².